The molecule has 2 heterocycles. The lowest BCUT2D eigenvalue weighted by atomic mass is 9.90. The maximum Gasteiger partial charge on any atom is 0.175 e. The molecule has 0 aliphatic carbocycles. The summed E-state index contributed by atoms with van der Waals surface area (Å²) in [6.45, 7) is 1.65. The van der Waals surface area contributed by atoms with Gasteiger partial charge in [-0.2, -0.15) is 9.47 Å². The lowest BCUT2D eigenvalue weighted by Gasteiger charge is -2.33. The number of hydrogen-bond acceptors (Lipinski definition) is 7. The van der Waals surface area contributed by atoms with Gasteiger partial charge in [-0.1, -0.05) is 41.6 Å². The first-order valence-corrected chi connectivity index (χ1v) is 11.2. The summed E-state index contributed by atoms with van der Waals surface area (Å²) in [5.41, 5.74) is -1.07. The van der Waals surface area contributed by atoms with Crippen LogP contribution < -0.4 is 0 Å². The summed E-state index contributed by atoms with van der Waals surface area (Å²) in [6.07, 6.45) is 2.74. The molecule has 0 saturated carbocycles. The molecule has 160 valence electrons. The molecule has 2 aromatic carbocycles. The van der Waals surface area contributed by atoms with Crippen LogP contribution in [0.4, 0.5) is 8.78 Å². The molecule has 0 saturated heterocycles. The Balaban J connectivity index is 1.65. The van der Waals surface area contributed by atoms with Crippen LogP contribution in [0, 0.1) is 11.6 Å². The van der Waals surface area contributed by atoms with E-state index in [4.69, 9.17) is 11.6 Å². The molecule has 0 fully saturated rings. The Labute approximate surface area is 190 Å². The minimum absolute atomic E-state index is 0.0414. The molecule has 2 unspecified atom stereocenters. The number of rotatable bonds is 7. The van der Waals surface area contributed by atoms with Crippen molar-refractivity contribution >= 4 is 34.9 Å². The Hall–Kier alpha value is -2.40. The van der Waals surface area contributed by atoms with E-state index in [9.17, 15) is 13.9 Å². The molecular weight excluding hydrogens is 464 g/mol. The molecular formula is C20H16ClF2N5OS2. The third kappa shape index (κ3) is 4.62. The van der Waals surface area contributed by atoms with E-state index in [1.807, 2.05) is 18.2 Å². The minimum atomic E-state index is -1.73. The first kappa shape index (κ1) is 21.8. The molecule has 0 spiro atoms. The van der Waals surface area contributed by atoms with Gasteiger partial charge in [-0.15, -0.1) is 0 Å². The summed E-state index contributed by atoms with van der Waals surface area (Å²) >= 11 is 8.61. The molecule has 2 aromatic heterocycles. The number of halogens is 3. The fourth-order valence-corrected chi connectivity index (χ4v) is 5.30. The molecule has 0 aliphatic heterocycles. The monoisotopic (exact) mass is 479 g/mol. The highest BCUT2D eigenvalue weighted by molar-refractivity contribution is 8.01. The normalized spacial score (nSPS) is 14.4. The predicted molar refractivity (Wildman–Crippen MR) is 116 cm³/mol. The molecule has 0 aliphatic rings. The van der Waals surface area contributed by atoms with E-state index < -0.39 is 22.5 Å². The molecule has 0 bridgehead atoms. The van der Waals surface area contributed by atoms with Crippen molar-refractivity contribution in [3.05, 3.63) is 77.3 Å². The molecule has 0 radical (unpaired) electrons. The molecule has 0 amide bonds. The van der Waals surface area contributed by atoms with Crippen LogP contribution in [0.3, 0.4) is 0 Å². The largest absolute Gasteiger partial charge is 0.382 e. The maximum atomic E-state index is 14.6. The quantitative estimate of drug-likeness (QED) is 0.384. The van der Waals surface area contributed by atoms with Gasteiger partial charge >= 0.3 is 0 Å². The Morgan fingerprint density at radius 3 is 2.77 bits per heavy atom. The fourth-order valence-electron chi connectivity index (χ4n) is 3.09. The van der Waals surface area contributed by atoms with E-state index in [1.165, 1.54) is 35.2 Å². The fraction of sp³-hybridized carbons (Fsp3) is 0.200. The van der Waals surface area contributed by atoms with E-state index in [0.717, 1.165) is 23.7 Å². The van der Waals surface area contributed by atoms with Crippen LogP contribution in [0.1, 0.15) is 12.5 Å². The number of thioether (sulfide) groups is 1. The van der Waals surface area contributed by atoms with Crippen molar-refractivity contribution in [2.24, 2.45) is 0 Å². The van der Waals surface area contributed by atoms with E-state index in [1.54, 1.807) is 13.0 Å². The molecule has 6 nitrogen and oxygen atoms in total. The van der Waals surface area contributed by atoms with Gasteiger partial charge in [0.15, 0.2) is 10.2 Å². The van der Waals surface area contributed by atoms with Gasteiger partial charge in [-0.3, -0.25) is 0 Å². The SMILES string of the molecule is CC(Sc1nc(-c2ccccc2Cl)ns1)C(O)(Cn1cncn1)c1ccc(F)cc1F. The number of hydrogen-bond donors (Lipinski definition) is 1. The topological polar surface area (TPSA) is 76.7 Å². The Morgan fingerprint density at radius 2 is 2.06 bits per heavy atom. The van der Waals surface area contributed by atoms with Crippen molar-refractivity contribution in [1.82, 2.24) is 24.1 Å². The van der Waals surface area contributed by atoms with Crippen LogP contribution in [-0.2, 0) is 12.1 Å². The van der Waals surface area contributed by atoms with Crippen molar-refractivity contribution in [1.29, 1.82) is 0 Å². The Kier molecular flexibility index (Phi) is 6.33. The third-order valence-corrected chi connectivity index (χ3v) is 7.13. The zero-order valence-corrected chi connectivity index (χ0v) is 18.5. The Bertz CT molecular complexity index is 1190. The summed E-state index contributed by atoms with van der Waals surface area (Å²) < 4.78 is 34.4. The molecule has 4 aromatic rings. The lowest BCUT2D eigenvalue weighted by Crippen LogP contribution is -2.41. The first-order valence-electron chi connectivity index (χ1n) is 9.12. The average Bonchev–Trinajstić information content (AvgIpc) is 3.40. The van der Waals surface area contributed by atoms with Gasteiger partial charge in [0.2, 0.25) is 0 Å². The minimum Gasteiger partial charge on any atom is -0.382 e. The zero-order chi connectivity index (χ0) is 22.0. The standard InChI is InChI=1S/C20H16ClF2N5OS2/c1-12(30-19-26-18(27-31-19)14-4-2-3-5-16(14)21)20(29,9-28-11-24-10-25-28)15-7-6-13(22)8-17(15)23/h2-8,10-12,29H,9H2,1H3. The van der Waals surface area contributed by atoms with Gasteiger partial charge in [0.05, 0.1) is 11.6 Å². The van der Waals surface area contributed by atoms with Crippen LogP contribution in [-0.4, -0.2) is 34.5 Å². The summed E-state index contributed by atoms with van der Waals surface area (Å²) in [5, 5.41) is 15.5. The average molecular weight is 480 g/mol. The van der Waals surface area contributed by atoms with Crippen LogP contribution in [0.25, 0.3) is 11.4 Å². The van der Waals surface area contributed by atoms with Crippen molar-refractivity contribution in [2.75, 3.05) is 0 Å². The summed E-state index contributed by atoms with van der Waals surface area (Å²) in [5.74, 6) is -1.10. The van der Waals surface area contributed by atoms with Gasteiger partial charge in [0.25, 0.3) is 0 Å². The predicted octanol–water partition coefficient (Wildman–Crippen LogP) is 4.80. The molecule has 1 N–H and O–H groups in total. The molecule has 31 heavy (non-hydrogen) atoms. The zero-order valence-electron chi connectivity index (χ0n) is 16.1. The smallest absolute Gasteiger partial charge is 0.175 e. The number of aromatic nitrogens is 5. The van der Waals surface area contributed by atoms with Crippen molar-refractivity contribution in [3.63, 3.8) is 0 Å². The highest BCUT2D eigenvalue weighted by Gasteiger charge is 2.40. The van der Waals surface area contributed by atoms with Crippen LogP contribution >= 0.6 is 34.9 Å². The molecule has 11 heteroatoms. The molecule has 4 rings (SSSR count). The van der Waals surface area contributed by atoms with Crippen molar-refractivity contribution in [3.8, 4) is 11.4 Å². The van der Waals surface area contributed by atoms with E-state index in [0.29, 0.717) is 20.8 Å². The van der Waals surface area contributed by atoms with Crippen molar-refractivity contribution in [2.45, 2.75) is 28.7 Å². The second-order valence-corrected chi connectivity index (χ2v) is 9.51. The second-order valence-electron chi connectivity index (χ2n) is 6.77. The highest BCUT2D eigenvalue weighted by atomic mass is 35.5. The summed E-state index contributed by atoms with van der Waals surface area (Å²) in [6, 6.07) is 10.3. The van der Waals surface area contributed by atoms with Crippen LogP contribution in [0.2, 0.25) is 5.02 Å². The maximum absolute atomic E-state index is 14.6. The second kappa shape index (κ2) is 8.99. The highest BCUT2D eigenvalue weighted by Crippen LogP contribution is 2.40. The van der Waals surface area contributed by atoms with Gasteiger partial charge in [-0.05, 0) is 36.7 Å². The Morgan fingerprint density at radius 1 is 1.26 bits per heavy atom. The number of aliphatic hydroxyl groups is 1. The van der Waals surface area contributed by atoms with Crippen LogP contribution in [0.15, 0.2) is 59.5 Å². The van der Waals surface area contributed by atoms with E-state index in [2.05, 4.69) is 19.4 Å². The van der Waals surface area contributed by atoms with E-state index >= 15 is 0 Å². The molecule has 2 atom stereocenters. The van der Waals surface area contributed by atoms with Gasteiger partial charge in [0.1, 0.15) is 29.9 Å². The lowest BCUT2D eigenvalue weighted by molar-refractivity contribution is 0.0133. The van der Waals surface area contributed by atoms with Gasteiger partial charge < -0.3 is 5.11 Å². The number of benzene rings is 2. The third-order valence-electron chi connectivity index (χ3n) is 4.74. The summed E-state index contributed by atoms with van der Waals surface area (Å²) in [7, 11) is 0. The number of nitrogens with zero attached hydrogens (tertiary/aromatic N) is 5. The van der Waals surface area contributed by atoms with Gasteiger partial charge in [0, 0.05) is 22.4 Å². The summed E-state index contributed by atoms with van der Waals surface area (Å²) in [4.78, 5) is 8.38. The van der Waals surface area contributed by atoms with Crippen molar-refractivity contribution < 1.29 is 13.9 Å². The first-order chi connectivity index (χ1) is 14.9. The van der Waals surface area contributed by atoms with Crippen LogP contribution in [0.5, 0.6) is 0 Å². The van der Waals surface area contributed by atoms with E-state index in [-0.39, 0.29) is 12.1 Å². The van der Waals surface area contributed by atoms with Gasteiger partial charge in [-0.25, -0.2) is 23.4 Å².